The van der Waals surface area contributed by atoms with Crippen molar-refractivity contribution in [1.29, 1.82) is 5.26 Å². The summed E-state index contributed by atoms with van der Waals surface area (Å²) in [6.45, 7) is 11.6. The predicted molar refractivity (Wildman–Crippen MR) is 162 cm³/mol. The molecular formula is C34H46N4O3. The molecule has 0 spiro atoms. The molecule has 220 valence electrons. The van der Waals surface area contributed by atoms with E-state index in [4.69, 9.17) is 4.74 Å². The summed E-state index contributed by atoms with van der Waals surface area (Å²) in [6.07, 6.45) is 6.60. The van der Waals surface area contributed by atoms with Crippen LogP contribution in [0.4, 0.5) is 5.69 Å². The zero-order valence-electron chi connectivity index (χ0n) is 24.9. The van der Waals surface area contributed by atoms with Crippen LogP contribution < -0.4 is 15.0 Å². The SMILES string of the molecule is Cc1c(C#N)ccc(OC2CCC(NC(=O)c3ccc(N4CCC(CN5CCC(O)CC5)C(C)C4)cc3)CC2)c1C. The molecule has 2 aromatic rings. The van der Waals surface area contributed by atoms with Crippen LogP contribution in [0.1, 0.15) is 78.9 Å². The fourth-order valence-corrected chi connectivity index (χ4v) is 6.78. The Hall–Kier alpha value is -3.08. The topological polar surface area (TPSA) is 88.8 Å². The van der Waals surface area contributed by atoms with Crippen LogP contribution in [0.5, 0.6) is 5.75 Å². The van der Waals surface area contributed by atoms with E-state index in [2.05, 4.69) is 40.2 Å². The van der Waals surface area contributed by atoms with Gasteiger partial charge in [-0.3, -0.25) is 4.79 Å². The third kappa shape index (κ3) is 7.23. The molecule has 1 saturated carbocycles. The molecule has 3 fully saturated rings. The Bertz CT molecular complexity index is 1220. The first kappa shape index (κ1) is 29.4. The molecular weight excluding hydrogens is 512 g/mol. The smallest absolute Gasteiger partial charge is 0.251 e. The first-order valence-electron chi connectivity index (χ1n) is 15.5. The largest absolute Gasteiger partial charge is 0.490 e. The van der Waals surface area contributed by atoms with E-state index in [9.17, 15) is 15.2 Å². The standard InChI is InChI=1S/C34H46N4O3/c1-23-21-38(19-14-28(23)22-37-17-15-31(39)16-18-37)30-9-4-26(5-10-30)34(40)36-29-7-11-32(12-8-29)41-33-13-6-27(20-35)24(2)25(33)3/h4-6,9-10,13,23,28-29,31-32,39H,7-8,11-12,14-19,21-22H2,1-3H3,(H,36,40). The summed E-state index contributed by atoms with van der Waals surface area (Å²) in [4.78, 5) is 18.0. The number of piperidine rings is 2. The molecule has 0 radical (unpaired) electrons. The lowest BCUT2D eigenvalue weighted by Crippen LogP contribution is -2.46. The molecule has 0 bridgehead atoms. The number of likely N-dealkylation sites (tertiary alicyclic amines) is 1. The van der Waals surface area contributed by atoms with Crippen LogP contribution in [-0.4, -0.2) is 66.9 Å². The second-order valence-corrected chi connectivity index (χ2v) is 12.6. The normalized spacial score (nSPS) is 25.9. The Kier molecular flexibility index (Phi) is 9.52. The number of hydrogen-bond donors (Lipinski definition) is 2. The molecule has 7 heteroatoms. The lowest BCUT2D eigenvalue weighted by molar-refractivity contribution is 0.0667. The minimum atomic E-state index is -0.111. The maximum Gasteiger partial charge on any atom is 0.251 e. The Morgan fingerprint density at radius 1 is 0.976 bits per heavy atom. The molecule has 2 aliphatic heterocycles. The lowest BCUT2D eigenvalue weighted by atomic mass is 9.85. The summed E-state index contributed by atoms with van der Waals surface area (Å²) in [5, 5.41) is 22.3. The highest BCUT2D eigenvalue weighted by Gasteiger charge is 2.29. The average Bonchev–Trinajstić information content (AvgIpc) is 2.99. The average molecular weight is 559 g/mol. The first-order valence-corrected chi connectivity index (χ1v) is 15.5. The van der Waals surface area contributed by atoms with E-state index >= 15 is 0 Å². The quantitative estimate of drug-likeness (QED) is 0.485. The summed E-state index contributed by atoms with van der Waals surface area (Å²) in [5.74, 6) is 2.17. The number of ether oxygens (including phenoxy) is 1. The Morgan fingerprint density at radius 2 is 1.68 bits per heavy atom. The zero-order valence-corrected chi connectivity index (χ0v) is 24.9. The molecule has 2 N–H and O–H groups in total. The molecule has 0 aromatic heterocycles. The van der Waals surface area contributed by atoms with Crippen molar-refractivity contribution >= 4 is 11.6 Å². The van der Waals surface area contributed by atoms with Crippen molar-refractivity contribution < 1.29 is 14.6 Å². The maximum atomic E-state index is 13.0. The highest BCUT2D eigenvalue weighted by Crippen LogP contribution is 2.31. The van der Waals surface area contributed by atoms with Crippen LogP contribution in [-0.2, 0) is 0 Å². The highest BCUT2D eigenvalue weighted by atomic mass is 16.5. The molecule has 2 heterocycles. The molecule has 41 heavy (non-hydrogen) atoms. The van der Waals surface area contributed by atoms with Crippen LogP contribution in [0.3, 0.4) is 0 Å². The maximum absolute atomic E-state index is 13.0. The summed E-state index contributed by atoms with van der Waals surface area (Å²) in [7, 11) is 0. The number of carbonyl (C=O) groups excluding carboxylic acids is 1. The number of nitrogens with zero attached hydrogens (tertiary/aromatic N) is 3. The van der Waals surface area contributed by atoms with Crippen LogP contribution in [0.2, 0.25) is 0 Å². The molecule has 1 amide bonds. The van der Waals surface area contributed by atoms with E-state index in [-0.39, 0.29) is 24.2 Å². The number of aliphatic hydroxyl groups is 1. The van der Waals surface area contributed by atoms with E-state index in [1.807, 2.05) is 38.1 Å². The van der Waals surface area contributed by atoms with Crippen molar-refractivity contribution in [2.24, 2.45) is 11.8 Å². The van der Waals surface area contributed by atoms with Crippen LogP contribution in [0.15, 0.2) is 36.4 Å². The Morgan fingerprint density at radius 3 is 2.34 bits per heavy atom. The molecule has 2 atom stereocenters. The van der Waals surface area contributed by atoms with Crippen molar-refractivity contribution in [3.8, 4) is 11.8 Å². The number of aliphatic hydroxyl groups excluding tert-OH is 1. The second kappa shape index (κ2) is 13.3. The van der Waals surface area contributed by atoms with Crippen LogP contribution >= 0.6 is 0 Å². The van der Waals surface area contributed by atoms with Gasteiger partial charge in [0.2, 0.25) is 0 Å². The van der Waals surface area contributed by atoms with Gasteiger partial charge >= 0.3 is 0 Å². The Balaban J connectivity index is 1.06. The highest BCUT2D eigenvalue weighted by molar-refractivity contribution is 5.94. The number of nitrogens with one attached hydrogen (secondary N) is 1. The number of hydrogen-bond acceptors (Lipinski definition) is 6. The fourth-order valence-electron chi connectivity index (χ4n) is 6.78. The van der Waals surface area contributed by atoms with Gasteiger partial charge in [-0.25, -0.2) is 0 Å². The number of nitriles is 1. The van der Waals surface area contributed by atoms with Gasteiger partial charge in [-0.05, 0) is 118 Å². The third-order valence-corrected chi connectivity index (χ3v) is 9.79. The molecule has 5 rings (SSSR count). The molecule has 2 unspecified atom stereocenters. The van der Waals surface area contributed by atoms with Crippen molar-refractivity contribution in [2.45, 2.75) is 84.0 Å². The molecule has 1 aliphatic carbocycles. The molecule has 2 saturated heterocycles. The zero-order chi connectivity index (χ0) is 28.9. The number of anilines is 1. The number of amides is 1. The monoisotopic (exact) mass is 558 g/mol. The van der Waals surface area contributed by atoms with Gasteiger partial charge in [0.15, 0.2) is 0 Å². The van der Waals surface area contributed by atoms with Gasteiger partial charge in [0, 0.05) is 50.0 Å². The first-order chi connectivity index (χ1) is 19.8. The summed E-state index contributed by atoms with van der Waals surface area (Å²) >= 11 is 0. The number of rotatable bonds is 7. The van der Waals surface area contributed by atoms with Gasteiger partial charge in [-0.1, -0.05) is 6.92 Å². The lowest BCUT2D eigenvalue weighted by Gasteiger charge is -2.41. The number of benzene rings is 2. The van der Waals surface area contributed by atoms with Crippen molar-refractivity contribution in [3.05, 3.63) is 58.7 Å². The summed E-state index contributed by atoms with van der Waals surface area (Å²) in [6, 6.07) is 14.3. The van der Waals surface area contributed by atoms with Crippen LogP contribution in [0.25, 0.3) is 0 Å². The fraction of sp³-hybridized carbons (Fsp3) is 0.588. The summed E-state index contributed by atoms with van der Waals surface area (Å²) in [5.41, 5.74) is 4.61. The van der Waals surface area contributed by atoms with Crippen LogP contribution in [0, 0.1) is 37.0 Å². The van der Waals surface area contributed by atoms with Gasteiger partial charge < -0.3 is 25.0 Å². The minimum absolute atomic E-state index is 0.00166. The van der Waals surface area contributed by atoms with Gasteiger partial charge in [-0.2, -0.15) is 5.26 Å². The van der Waals surface area contributed by atoms with Gasteiger partial charge in [-0.15, -0.1) is 0 Å². The van der Waals surface area contributed by atoms with E-state index in [1.54, 1.807) is 0 Å². The van der Waals surface area contributed by atoms with Crippen molar-refractivity contribution in [3.63, 3.8) is 0 Å². The predicted octanol–water partition coefficient (Wildman–Crippen LogP) is 5.21. The molecule has 3 aliphatic rings. The summed E-state index contributed by atoms with van der Waals surface area (Å²) < 4.78 is 6.29. The Labute approximate surface area is 245 Å². The molecule has 7 nitrogen and oxygen atoms in total. The van der Waals surface area contributed by atoms with Gasteiger partial charge in [0.05, 0.1) is 23.8 Å². The number of carbonyl (C=O) groups is 1. The van der Waals surface area contributed by atoms with Gasteiger partial charge in [0.25, 0.3) is 5.91 Å². The van der Waals surface area contributed by atoms with Crippen molar-refractivity contribution in [2.75, 3.05) is 37.6 Å². The van der Waals surface area contributed by atoms with E-state index in [0.29, 0.717) is 23.0 Å². The van der Waals surface area contributed by atoms with Gasteiger partial charge in [0.1, 0.15) is 5.75 Å². The van der Waals surface area contributed by atoms with E-state index < -0.39 is 0 Å². The van der Waals surface area contributed by atoms with E-state index in [0.717, 1.165) is 88.1 Å². The minimum Gasteiger partial charge on any atom is -0.490 e. The second-order valence-electron chi connectivity index (χ2n) is 12.6. The van der Waals surface area contributed by atoms with E-state index in [1.165, 1.54) is 12.1 Å². The van der Waals surface area contributed by atoms with Crippen molar-refractivity contribution in [1.82, 2.24) is 10.2 Å². The third-order valence-electron chi connectivity index (χ3n) is 9.79. The molecule has 2 aromatic carbocycles.